The third kappa shape index (κ3) is 2.87. The lowest BCUT2D eigenvalue weighted by atomic mass is 10.2. The van der Waals surface area contributed by atoms with Gasteiger partial charge < -0.3 is 9.13 Å². The van der Waals surface area contributed by atoms with E-state index in [0.717, 1.165) is 0 Å². The standard InChI is InChI=1S/C13H32N2Si/c1-9-12-16(14(7)8,13(4,5)6)15(10-2)11-3/h9-12H2,1-8H3. The van der Waals surface area contributed by atoms with Crippen LogP contribution in [0.5, 0.6) is 0 Å². The Hall–Kier alpha value is 0.137. The maximum absolute atomic E-state index is 2.75. The summed E-state index contributed by atoms with van der Waals surface area (Å²) in [7, 11) is 3.03. The molecule has 0 radical (unpaired) electrons. The zero-order valence-corrected chi connectivity index (χ0v) is 13.7. The molecule has 0 aromatic rings. The van der Waals surface area contributed by atoms with Gasteiger partial charge in [0, 0.05) is 0 Å². The third-order valence-corrected chi connectivity index (χ3v) is 10.6. The second-order valence-electron chi connectivity index (χ2n) is 5.88. The normalized spacial score (nSPS) is 16.9. The molecule has 1 atom stereocenters. The monoisotopic (exact) mass is 244 g/mol. The predicted octanol–water partition coefficient (Wildman–Crippen LogP) is 3.54. The molecule has 0 heterocycles. The largest absolute Gasteiger partial charge is 0.317 e. The van der Waals surface area contributed by atoms with Gasteiger partial charge >= 0.3 is 0 Å². The summed E-state index contributed by atoms with van der Waals surface area (Å²) in [6.45, 7) is 16.6. The molecular weight excluding hydrogens is 212 g/mol. The van der Waals surface area contributed by atoms with Crippen LogP contribution in [0.2, 0.25) is 11.1 Å². The molecule has 1 unspecified atom stereocenters. The molecule has 0 fully saturated rings. The summed E-state index contributed by atoms with van der Waals surface area (Å²) in [5.41, 5.74) is 0. The SMILES string of the molecule is CCC[Si](N(C)C)(N(CC)CC)C(C)(C)C. The van der Waals surface area contributed by atoms with E-state index in [4.69, 9.17) is 0 Å². The molecule has 0 saturated carbocycles. The van der Waals surface area contributed by atoms with Gasteiger partial charge in [0.05, 0.1) is 0 Å². The van der Waals surface area contributed by atoms with Crippen LogP contribution in [0.4, 0.5) is 0 Å². The van der Waals surface area contributed by atoms with E-state index in [1.165, 1.54) is 25.6 Å². The second-order valence-corrected chi connectivity index (χ2v) is 11.0. The van der Waals surface area contributed by atoms with Crippen LogP contribution in [-0.4, -0.2) is 44.7 Å². The average molecular weight is 244 g/mol. The molecule has 2 nitrogen and oxygen atoms in total. The molecule has 3 heteroatoms. The molecule has 0 saturated heterocycles. The highest BCUT2D eigenvalue weighted by Gasteiger charge is 2.50. The van der Waals surface area contributed by atoms with Gasteiger partial charge in [-0.3, -0.25) is 0 Å². The van der Waals surface area contributed by atoms with E-state index in [9.17, 15) is 0 Å². The van der Waals surface area contributed by atoms with E-state index in [2.05, 4.69) is 64.8 Å². The summed E-state index contributed by atoms with van der Waals surface area (Å²) in [5.74, 6) is 0. The minimum atomic E-state index is -1.54. The third-order valence-electron chi connectivity index (χ3n) is 3.83. The van der Waals surface area contributed by atoms with Gasteiger partial charge in [-0.25, -0.2) is 0 Å². The van der Waals surface area contributed by atoms with Crippen LogP contribution < -0.4 is 0 Å². The van der Waals surface area contributed by atoms with E-state index >= 15 is 0 Å². The van der Waals surface area contributed by atoms with E-state index in [1.807, 2.05) is 0 Å². The van der Waals surface area contributed by atoms with Gasteiger partial charge in [0.1, 0.15) is 0 Å². The maximum Gasteiger partial charge on any atom is 0.211 e. The lowest BCUT2D eigenvalue weighted by Crippen LogP contribution is -2.68. The number of rotatable bonds is 6. The van der Waals surface area contributed by atoms with Gasteiger partial charge in [0.15, 0.2) is 0 Å². The zero-order chi connectivity index (χ0) is 13.0. The summed E-state index contributed by atoms with van der Waals surface area (Å²) < 4.78 is 5.31. The quantitative estimate of drug-likeness (QED) is 0.659. The maximum atomic E-state index is 2.75. The minimum absolute atomic E-state index is 0.401. The van der Waals surface area contributed by atoms with Crippen LogP contribution in [0, 0.1) is 0 Å². The van der Waals surface area contributed by atoms with Crippen molar-refractivity contribution in [3.05, 3.63) is 0 Å². The van der Waals surface area contributed by atoms with Gasteiger partial charge in [-0.15, -0.1) is 0 Å². The van der Waals surface area contributed by atoms with Crippen molar-refractivity contribution in [3.8, 4) is 0 Å². The van der Waals surface area contributed by atoms with E-state index < -0.39 is 8.40 Å². The second kappa shape index (κ2) is 6.17. The fraction of sp³-hybridized carbons (Fsp3) is 1.00. The number of hydrogen-bond acceptors (Lipinski definition) is 2. The van der Waals surface area contributed by atoms with Gasteiger partial charge in [0.2, 0.25) is 8.40 Å². The summed E-state index contributed by atoms with van der Waals surface area (Å²) >= 11 is 0. The van der Waals surface area contributed by atoms with Crippen LogP contribution in [0.1, 0.15) is 48.0 Å². The summed E-state index contributed by atoms with van der Waals surface area (Å²) in [6.07, 6.45) is 1.29. The van der Waals surface area contributed by atoms with Crippen molar-refractivity contribution in [1.82, 2.24) is 9.13 Å². The van der Waals surface area contributed by atoms with E-state index in [0.29, 0.717) is 5.04 Å². The van der Waals surface area contributed by atoms with Crippen molar-refractivity contribution < 1.29 is 0 Å². The fourth-order valence-electron chi connectivity index (χ4n) is 3.28. The van der Waals surface area contributed by atoms with E-state index in [-0.39, 0.29) is 0 Å². The van der Waals surface area contributed by atoms with Gasteiger partial charge in [-0.05, 0) is 38.3 Å². The van der Waals surface area contributed by atoms with Crippen molar-refractivity contribution in [1.29, 1.82) is 0 Å². The molecule has 0 aromatic carbocycles. The lowest BCUT2D eigenvalue weighted by Gasteiger charge is -2.53. The Labute approximate surface area is 104 Å². The summed E-state index contributed by atoms with van der Waals surface area (Å²) in [5, 5.41) is 0.401. The first-order valence-corrected chi connectivity index (χ1v) is 8.80. The van der Waals surface area contributed by atoms with Gasteiger partial charge in [-0.1, -0.05) is 48.0 Å². The molecule has 0 rings (SSSR count). The van der Waals surface area contributed by atoms with Crippen LogP contribution in [0.25, 0.3) is 0 Å². The average Bonchev–Trinajstić information content (AvgIpc) is 2.15. The molecule has 0 N–H and O–H groups in total. The van der Waals surface area contributed by atoms with Crippen molar-refractivity contribution in [2.45, 2.75) is 59.0 Å². The first-order chi connectivity index (χ1) is 7.27. The molecule has 0 aliphatic carbocycles. The molecule has 98 valence electrons. The van der Waals surface area contributed by atoms with Crippen molar-refractivity contribution in [2.75, 3.05) is 27.2 Å². The number of nitrogens with zero attached hydrogens (tertiary/aromatic N) is 2. The molecule has 0 bridgehead atoms. The zero-order valence-electron chi connectivity index (χ0n) is 12.7. The Kier molecular flexibility index (Phi) is 6.23. The highest BCUT2D eigenvalue weighted by Crippen LogP contribution is 2.42. The highest BCUT2D eigenvalue weighted by atomic mass is 28.4. The Morgan fingerprint density at radius 1 is 0.938 bits per heavy atom. The molecule has 0 aliphatic heterocycles. The Morgan fingerprint density at radius 2 is 1.38 bits per heavy atom. The van der Waals surface area contributed by atoms with Crippen LogP contribution in [0.15, 0.2) is 0 Å². The number of hydrogen-bond donors (Lipinski definition) is 0. The first-order valence-electron chi connectivity index (χ1n) is 6.70. The molecule has 0 amide bonds. The molecule has 0 spiro atoms. The summed E-state index contributed by atoms with van der Waals surface area (Å²) in [6, 6.07) is 1.37. The lowest BCUT2D eigenvalue weighted by molar-refractivity contribution is 0.356. The minimum Gasteiger partial charge on any atom is -0.317 e. The fourth-order valence-corrected chi connectivity index (χ4v) is 9.39. The Bertz CT molecular complexity index is 195. The van der Waals surface area contributed by atoms with Crippen LogP contribution in [-0.2, 0) is 0 Å². The van der Waals surface area contributed by atoms with Crippen molar-refractivity contribution in [2.24, 2.45) is 0 Å². The topological polar surface area (TPSA) is 6.48 Å². The van der Waals surface area contributed by atoms with Gasteiger partial charge in [0.25, 0.3) is 0 Å². The molecule has 16 heavy (non-hydrogen) atoms. The highest BCUT2D eigenvalue weighted by molar-refractivity contribution is 6.77. The first kappa shape index (κ1) is 16.1. The Morgan fingerprint density at radius 3 is 1.56 bits per heavy atom. The van der Waals surface area contributed by atoms with E-state index in [1.54, 1.807) is 0 Å². The summed E-state index contributed by atoms with van der Waals surface area (Å²) in [4.78, 5) is 0. The van der Waals surface area contributed by atoms with Crippen molar-refractivity contribution in [3.63, 3.8) is 0 Å². The van der Waals surface area contributed by atoms with Crippen LogP contribution in [0.3, 0.4) is 0 Å². The van der Waals surface area contributed by atoms with Crippen LogP contribution >= 0.6 is 0 Å². The smallest absolute Gasteiger partial charge is 0.211 e. The molecule has 0 aromatic heterocycles. The van der Waals surface area contributed by atoms with Crippen molar-refractivity contribution >= 4 is 8.40 Å². The predicted molar refractivity (Wildman–Crippen MR) is 77.2 cm³/mol. The Balaban J connectivity index is 5.41. The van der Waals surface area contributed by atoms with Gasteiger partial charge in [-0.2, -0.15) is 0 Å². The molecule has 0 aliphatic rings. The molecular formula is C13H32N2Si.